The Kier molecular flexibility index (Phi) is 4.24. The van der Waals surface area contributed by atoms with Gasteiger partial charge in [-0.2, -0.15) is 0 Å². The molecule has 4 atom stereocenters. The molecule has 1 nitrogen and oxygen atoms in total. The maximum atomic E-state index is 6.23. The molecule has 1 rings (SSSR count). The summed E-state index contributed by atoms with van der Waals surface area (Å²) in [6.45, 7) is 6.84. The third kappa shape index (κ3) is 2.98. The molecule has 0 bridgehead atoms. The van der Waals surface area contributed by atoms with Crippen LogP contribution in [-0.4, -0.2) is 6.04 Å². The van der Waals surface area contributed by atoms with Crippen molar-refractivity contribution in [3.8, 4) is 0 Å². The minimum Gasteiger partial charge on any atom is -0.327 e. The lowest BCUT2D eigenvalue weighted by molar-refractivity contribution is 0.371. The number of hydrogen-bond acceptors (Lipinski definition) is 1. The van der Waals surface area contributed by atoms with Crippen LogP contribution in [0.25, 0.3) is 0 Å². The Morgan fingerprint density at radius 1 is 1.31 bits per heavy atom. The zero-order valence-corrected chi connectivity index (χ0v) is 9.42. The molecule has 1 aliphatic rings. The van der Waals surface area contributed by atoms with Crippen LogP contribution in [-0.2, 0) is 0 Å². The van der Waals surface area contributed by atoms with Crippen LogP contribution >= 0.6 is 0 Å². The monoisotopic (exact) mass is 183 g/mol. The van der Waals surface area contributed by atoms with Crippen molar-refractivity contribution < 1.29 is 0 Å². The SMILES string of the molecule is CCCC(C)[C@@H](N)C1C[C@H]1CCC. The summed E-state index contributed by atoms with van der Waals surface area (Å²) in [5.74, 6) is 2.57. The van der Waals surface area contributed by atoms with Crippen LogP contribution in [0.1, 0.15) is 52.9 Å². The topological polar surface area (TPSA) is 26.0 Å². The predicted octanol–water partition coefficient (Wildman–Crippen LogP) is 3.19. The Bertz CT molecular complexity index is 144. The highest BCUT2D eigenvalue weighted by Gasteiger charge is 2.41. The van der Waals surface area contributed by atoms with E-state index in [-0.39, 0.29) is 0 Å². The van der Waals surface area contributed by atoms with E-state index in [1.165, 1.54) is 32.1 Å². The average Bonchev–Trinajstić information content (AvgIpc) is 2.84. The fourth-order valence-electron chi connectivity index (χ4n) is 2.51. The molecule has 0 aromatic carbocycles. The Morgan fingerprint density at radius 2 is 2.00 bits per heavy atom. The first kappa shape index (κ1) is 11.0. The standard InChI is InChI=1S/C12H25N/c1-4-6-9(3)12(13)11-8-10(11)7-5-2/h9-12H,4-8,13H2,1-3H3/t9?,10-,11?,12-/m1/s1. The lowest BCUT2D eigenvalue weighted by Gasteiger charge is -2.19. The van der Waals surface area contributed by atoms with Crippen LogP contribution in [0.4, 0.5) is 0 Å². The van der Waals surface area contributed by atoms with E-state index in [9.17, 15) is 0 Å². The van der Waals surface area contributed by atoms with Crippen molar-refractivity contribution in [1.29, 1.82) is 0 Å². The van der Waals surface area contributed by atoms with Crippen LogP contribution in [0.2, 0.25) is 0 Å². The summed E-state index contributed by atoms with van der Waals surface area (Å²) < 4.78 is 0. The van der Waals surface area contributed by atoms with Gasteiger partial charge in [-0.25, -0.2) is 0 Å². The molecule has 13 heavy (non-hydrogen) atoms. The molecule has 0 spiro atoms. The highest BCUT2D eigenvalue weighted by atomic mass is 14.7. The molecule has 0 radical (unpaired) electrons. The van der Waals surface area contributed by atoms with Crippen molar-refractivity contribution in [1.82, 2.24) is 0 Å². The molecule has 1 saturated carbocycles. The molecular weight excluding hydrogens is 158 g/mol. The van der Waals surface area contributed by atoms with E-state index >= 15 is 0 Å². The van der Waals surface area contributed by atoms with E-state index in [1.54, 1.807) is 0 Å². The highest BCUT2D eigenvalue weighted by molar-refractivity contribution is 4.94. The molecule has 1 fully saturated rings. The van der Waals surface area contributed by atoms with Crippen LogP contribution in [0, 0.1) is 17.8 Å². The van der Waals surface area contributed by atoms with Gasteiger partial charge in [0.05, 0.1) is 0 Å². The zero-order chi connectivity index (χ0) is 9.84. The van der Waals surface area contributed by atoms with Crippen molar-refractivity contribution in [2.75, 3.05) is 0 Å². The third-order valence-corrected chi connectivity index (χ3v) is 3.53. The van der Waals surface area contributed by atoms with E-state index in [0.29, 0.717) is 6.04 Å². The van der Waals surface area contributed by atoms with Crippen LogP contribution < -0.4 is 5.73 Å². The van der Waals surface area contributed by atoms with Crippen molar-refractivity contribution in [2.24, 2.45) is 23.5 Å². The van der Waals surface area contributed by atoms with Gasteiger partial charge in [-0.15, -0.1) is 0 Å². The molecule has 0 saturated heterocycles. The van der Waals surface area contributed by atoms with Gasteiger partial charge in [0.15, 0.2) is 0 Å². The third-order valence-electron chi connectivity index (χ3n) is 3.53. The van der Waals surface area contributed by atoms with Crippen LogP contribution in [0.5, 0.6) is 0 Å². The number of hydrogen-bond donors (Lipinski definition) is 1. The fraction of sp³-hybridized carbons (Fsp3) is 1.00. The molecule has 1 heteroatoms. The summed E-state index contributed by atoms with van der Waals surface area (Å²) in [6.07, 6.45) is 6.72. The van der Waals surface area contributed by atoms with E-state index in [2.05, 4.69) is 20.8 Å². The molecule has 0 aliphatic heterocycles. The summed E-state index contributed by atoms with van der Waals surface area (Å²) >= 11 is 0. The van der Waals surface area contributed by atoms with E-state index in [4.69, 9.17) is 5.73 Å². The molecule has 2 unspecified atom stereocenters. The predicted molar refractivity (Wildman–Crippen MR) is 58.6 cm³/mol. The van der Waals surface area contributed by atoms with Gasteiger partial charge in [0.25, 0.3) is 0 Å². The van der Waals surface area contributed by atoms with Gasteiger partial charge in [-0.1, -0.05) is 40.0 Å². The number of rotatable bonds is 6. The Morgan fingerprint density at radius 3 is 2.54 bits per heavy atom. The van der Waals surface area contributed by atoms with Crippen molar-refractivity contribution in [2.45, 2.75) is 58.9 Å². The Balaban J connectivity index is 2.21. The quantitative estimate of drug-likeness (QED) is 0.672. The summed E-state index contributed by atoms with van der Waals surface area (Å²) in [5.41, 5.74) is 6.23. The minimum absolute atomic E-state index is 0.483. The smallest absolute Gasteiger partial charge is 0.00957 e. The molecule has 1 aliphatic carbocycles. The molecule has 2 N–H and O–H groups in total. The maximum absolute atomic E-state index is 6.23. The van der Waals surface area contributed by atoms with Gasteiger partial charge < -0.3 is 5.73 Å². The van der Waals surface area contributed by atoms with Gasteiger partial charge in [0, 0.05) is 6.04 Å². The lowest BCUT2D eigenvalue weighted by Crippen LogP contribution is -2.31. The normalized spacial score (nSPS) is 31.4. The highest BCUT2D eigenvalue weighted by Crippen LogP contribution is 2.45. The van der Waals surface area contributed by atoms with Crippen molar-refractivity contribution in [3.63, 3.8) is 0 Å². The van der Waals surface area contributed by atoms with Gasteiger partial charge >= 0.3 is 0 Å². The van der Waals surface area contributed by atoms with Crippen LogP contribution in [0.15, 0.2) is 0 Å². The largest absolute Gasteiger partial charge is 0.327 e. The Labute approximate surface area is 83.1 Å². The first-order valence-electron chi connectivity index (χ1n) is 5.96. The molecule has 0 heterocycles. The second-order valence-corrected chi connectivity index (χ2v) is 4.79. The first-order chi connectivity index (χ1) is 6.20. The Hall–Kier alpha value is -0.0400. The number of nitrogens with two attached hydrogens (primary N) is 1. The van der Waals surface area contributed by atoms with Gasteiger partial charge in [-0.05, 0) is 30.6 Å². The second kappa shape index (κ2) is 4.99. The first-order valence-corrected chi connectivity index (χ1v) is 5.96. The summed E-state index contributed by atoms with van der Waals surface area (Å²) in [7, 11) is 0. The van der Waals surface area contributed by atoms with Gasteiger partial charge in [0.1, 0.15) is 0 Å². The van der Waals surface area contributed by atoms with Crippen molar-refractivity contribution >= 4 is 0 Å². The van der Waals surface area contributed by atoms with Gasteiger partial charge in [-0.3, -0.25) is 0 Å². The molecular formula is C12H25N. The van der Waals surface area contributed by atoms with Crippen LogP contribution in [0.3, 0.4) is 0 Å². The maximum Gasteiger partial charge on any atom is 0.00957 e. The van der Waals surface area contributed by atoms with E-state index in [0.717, 1.165) is 17.8 Å². The molecule has 0 aromatic heterocycles. The summed E-state index contributed by atoms with van der Waals surface area (Å²) in [4.78, 5) is 0. The van der Waals surface area contributed by atoms with Crippen molar-refractivity contribution in [3.05, 3.63) is 0 Å². The molecule has 0 amide bonds. The second-order valence-electron chi connectivity index (χ2n) is 4.79. The van der Waals surface area contributed by atoms with E-state index < -0.39 is 0 Å². The average molecular weight is 183 g/mol. The zero-order valence-electron chi connectivity index (χ0n) is 9.42. The lowest BCUT2D eigenvalue weighted by atomic mass is 9.93. The molecule has 0 aromatic rings. The fourth-order valence-corrected chi connectivity index (χ4v) is 2.51. The summed E-state index contributed by atoms with van der Waals surface area (Å²) in [6, 6.07) is 0.483. The van der Waals surface area contributed by atoms with Gasteiger partial charge in [0.2, 0.25) is 0 Å². The minimum atomic E-state index is 0.483. The molecule has 78 valence electrons. The summed E-state index contributed by atoms with van der Waals surface area (Å²) in [5, 5.41) is 0. The van der Waals surface area contributed by atoms with E-state index in [1.807, 2.05) is 0 Å².